The van der Waals surface area contributed by atoms with E-state index in [9.17, 15) is 9.59 Å². The molecule has 1 saturated heterocycles. The van der Waals surface area contributed by atoms with Crippen molar-refractivity contribution in [3.8, 4) is 0 Å². The maximum atomic E-state index is 11.7. The fraction of sp³-hybridized carbons (Fsp3) is 0.435. The zero-order valence-electron chi connectivity index (χ0n) is 17.5. The number of allylic oxidation sites excluding steroid dienone is 1. The normalized spacial score (nSPS) is 25.0. The summed E-state index contributed by atoms with van der Waals surface area (Å²) in [5.74, 6) is 1.13. The molecule has 2 fully saturated rings. The van der Waals surface area contributed by atoms with E-state index >= 15 is 0 Å². The molecule has 2 amide bonds. The average molecular weight is 440 g/mol. The zero-order chi connectivity index (χ0) is 21.5. The number of aliphatic imine (C=N–C) groups is 1. The minimum absolute atomic E-state index is 0.328. The van der Waals surface area contributed by atoms with Crippen LogP contribution in [-0.4, -0.2) is 42.8 Å². The standard InChI is InChI=1S/C23H29N5O2S/c29-21-20(31-23(30)28-21)14-19-11-13-25-22(27-19)26-18-8-6-17(7-9-18)15-24-12-10-16-4-2-1-3-5-16/h1-5,11,14,17-18,24H,6-10,12-13,15H2,(H2,25,26,27)(H,28,29,30)/b20-14-. The molecule has 0 unspecified atom stereocenters. The van der Waals surface area contributed by atoms with E-state index < -0.39 is 0 Å². The summed E-state index contributed by atoms with van der Waals surface area (Å²) in [5.41, 5.74) is 2.17. The summed E-state index contributed by atoms with van der Waals surface area (Å²) >= 11 is 0.926. The van der Waals surface area contributed by atoms with E-state index in [0.29, 0.717) is 17.5 Å². The molecule has 0 bridgehead atoms. The van der Waals surface area contributed by atoms with Gasteiger partial charge in [0, 0.05) is 11.7 Å². The van der Waals surface area contributed by atoms with Gasteiger partial charge in [-0.15, -0.1) is 0 Å². The fourth-order valence-corrected chi connectivity index (χ4v) is 4.76. The van der Waals surface area contributed by atoms with E-state index in [0.717, 1.165) is 61.7 Å². The first-order chi connectivity index (χ1) is 15.2. The lowest BCUT2D eigenvalue weighted by Gasteiger charge is -2.31. The Morgan fingerprint density at radius 1 is 1.10 bits per heavy atom. The van der Waals surface area contributed by atoms with Gasteiger partial charge in [-0.2, -0.15) is 0 Å². The number of nitrogens with one attached hydrogen (secondary N) is 4. The van der Waals surface area contributed by atoms with Crippen molar-refractivity contribution >= 4 is 28.9 Å². The second-order valence-corrected chi connectivity index (χ2v) is 9.14. The number of nitrogens with zero attached hydrogens (tertiary/aromatic N) is 1. The van der Waals surface area contributed by atoms with Gasteiger partial charge in [0.2, 0.25) is 0 Å². The van der Waals surface area contributed by atoms with Crippen LogP contribution in [0.25, 0.3) is 0 Å². The number of hydrogen-bond acceptors (Lipinski definition) is 7. The van der Waals surface area contributed by atoms with Gasteiger partial charge < -0.3 is 16.0 Å². The Hall–Kier alpha value is -2.58. The molecular formula is C23H29N5O2S. The number of carbonyl (C=O) groups is 2. The van der Waals surface area contributed by atoms with Crippen molar-refractivity contribution in [1.29, 1.82) is 0 Å². The molecule has 3 aliphatic rings. The van der Waals surface area contributed by atoms with Crippen LogP contribution in [0.3, 0.4) is 0 Å². The Morgan fingerprint density at radius 3 is 2.65 bits per heavy atom. The smallest absolute Gasteiger partial charge is 0.290 e. The summed E-state index contributed by atoms with van der Waals surface area (Å²) in [5, 5.41) is 12.3. The number of carbonyl (C=O) groups excluding carboxylic acids is 2. The predicted molar refractivity (Wildman–Crippen MR) is 125 cm³/mol. The highest BCUT2D eigenvalue weighted by atomic mass is 32.2. The zero-order valence-corrected chi connectivity index (χ0v) is 18.3. The molecule has 1 saturated carbocycles. The van der Waals surface area contributed by atoms with Crippen LogP contribution in [-0.2, 0) is 11.2 Å². The molecule has 2 aliphatic heterocycles. The van der Waals surface area contributed by atoms with Gasteiger partial charge in [-0.3, -0.25) is 14.9 Å². The fourth-order valence-electron chi connectivity index (χ4n) is 4.09. The Kier molecular flexibility index (Phi) is 7.43. The number of rotatable bonds is 7. The lowest BCUT2D eigenvalue weighted by Crippen LogP contribution is -2.46. The summed E-state index contributed by atoms with van der Waals surface area (Å²) in [6.45, 7) is 2.66. The summed E-state index contributed by atoms with van der Waals surface area (Å²) in [7, 11) is 0. The van der Waals surface area contributed by atoms with Gasteiger partial charge in [0.05, 0.1) is 11.4 Å². The van der Waals surface area contributed by atoms with Gasteiger partial charge in [-0.25, -0.2) is 4.99 Å². The van der Waals surface area contributed by atoms with Crippen LogP contribution in [0.1, 0.15) is 31.2 Å². The Morgan fingerprint density at radius 2 is 1.90 bits per heavy atom. The van der Waals surface area contributed by atoms with Gasteiger partial charge in [-0.1, -0.05) is 30.3 Å². The third-order valence-electron chi connectivity index (χ3n) is 5.81. The van der Waals surface area contributed by atoms with E-state index in [-0.39, 0.29) is 11.1 Å². The number of thioether (sulfide) groups is 1. The van der Waals surface area contributed by atoms with Crippen LogP contribution in [0, 0.1) is 5.92 Å². The molecule has 1 aromatic rings. The topological polar surface area (TPSA) is 94.6 Å². The summed E-state index contributed by atoms with van der Waals surface area (Å²) in [6, 6.07) is 11.0. The van der Waals surface area contributed by atoms with Crippen molar-refractivity contribution in [1.82, 2.24) is 21.3 Å². The van der Waals surface area contributed by atoms with E-state index in [1.807, 2.05) is 6.08 Å². The van der Waals surface area contributed by atoms with Crippen molar-refractivity contribution in [3.05, 3.63) is 58.6 Å². The molecule has 0 atom stereocenters. The molecule has 31 heavy (non-hydrogen) atoms. The van der Waals surface area contributed by atoms with Crippen molar-refractivity contribution in [2.45, 2.75) is 38.1 Å². The minimum Gasteiger partial charge on any atom is -0.353 e. The van der Waals surface area contributed by atoms with Crippen molar-refractivity contribution in [2.75, 3.05) is 19.6 Å². The summed E-state index contributed by atoms with van der Waals surface area (Å²) in [6.07, 6.45) is 9.34. The monoisotopic (exact) mass is 439 g/mol. The average Bonchev–Trinajstić information content (AvgIpc) is 3.10. The first-order valence-corrected chi connectivity index (χ1v) is 11.7. The lowest BCUT2D eigenvalue weighted by molar-refractivity contribution is -0.115. The molecule has 4 N–H and O–H groups in total. The van der Waals surface area contributed by atoms with Crippen LogP contribution in [0.5, 0.6) is 0 Å². The Labute approximate surface area is 187 Å². The van der Waals surface area contributed by atoms with Gasteiger partial charge in [0.25, 0.3) is 11.1 Å². The number of imide groups is 1. The Bertz CT molecular complexity index is 888. The first-order valence-electron chi connectivity index (χ1n) is 10.9. The second kappa shape index (κ2) is 10.6. The predicted octanol–water partition coefficient (Wildman–Crippen LogP) is 2.68. The maximum absolute atomic E-state index is 11.7. The SMILES string of the molecule is O=C1NC(=O)/C(=C/C2=CCN=C(NC3CCC(CNCCc4ccccc4)CC3)N2)S1. The molecule has 4 rings (SSSR count). The lowest BCUT2D eigenvalue weighted by atomic mass is 9.86. The molecule has 164 valence electrons. The first kappa shape index (κ1) is 21.6. The molecule has 0 radical (unpaired) electrons. The van der Waals surface area contributed by atoms with E-state index in [1.54, 1.807) is 6.08 Å². The highest BCUT2D eigenvalue weighted by Crippen LogP contribution is 2.25. The number of benzene rings is 1. The maximum Gasteiger partial charge on any atom is 0.290 e. The molecule has 8 heteroatoms. The summed E-state index contributed by atoms with van der Waals surface area (Å²) < 4.78 is 0. The molecule has 1 aromatic carbocycles. The van der Waals surface area contributed by atoms with E-state index in [2.05, 4.69) is 56.6 Å². The van der Waals surface area contributed by atoms with Crippen LogP contribution in [0.2, 0.25) is 0 Å². The molecule has 1 aliphatic carbocycles. The third-order valence-corrected chi connectivity index (χ3v) is 6.62. The van der Waals surface area contributed by atoms with E-state index in [1.165, 1.54) is 18.4 Å². The van der Waals surface area contributed by atoms with Gasteiger partial charge >= 0.3 is 0 Å². The van der Waals surface area contributed by atoms with Crippen LogP contribution in [0.15, 0.2) is 58.1 Å². The second-order valence-electron chi connectivity index (χ2n) is 8.13. The Balaban J connectivity index is 1.15. The quantitative estimate of drug-likeness (QED) is 0.386. The highest BCUT2D eigenvalue weighted by Gasteiger charge is 2.26. The molecule has 0 spiro atoms. The van der Waals surface area contributed by atoms with Gasteiger partial charge in [-0.05, 0) is 80.6 Å². The third kappa shape index (κ3) is 6.45. The van der Waals surface area contributed by atoms with Crippen LogP contribution < -0.4 is 21.3 Å². The van der Waals surface area contributed by atoms with Gasteiger partial charge in [0.1, 0.15) is 0 Å². The molecular weight excluding hydrogens is 410 g/mol. The summed E-state index contributed by atoms with van der Waals surface area (Å²) in [4.78, 5) is 27.9. The number of guanidine groups is 1. The minimum atomic E-state index is -0.342. The molecule has 7 nitrogen and oxygen atoms in total. The molecule has 2 heterocycles. The van der Waals surface area contributed by atoms with Crippen molar-refractivity contribution < 1.29 is 9.59 Å². The van der Waals surface area contributed by atoms with Crippen molar-refractivity contribution in [2.24, 2.45) is 10.9 Å². The van der Waals surface area contributed by atoms with Crippen LogP contribution >= 0.6 is 11.8 Å². The largest absolute Gasteiger partial charge is 0.353 e. The number of hydrogen-bond donors (Lipinski definition) is 4. The molecule has 0 aromatic heterocycles. The van der Waals surface area contributed by atoms with Gasteiger partial charge in [0.15, 0.2) is 5.96 Å². The van der Waals surface area contributed by atoms with E-state index in [4.69, 9.17) is 0 Å². The van der Waals surface area contributed by atoms with Crippen molar-refractivity contribution in [3.63, 3.8) is 0 Å². The van der Waals surface area contributed by atoms with Crippen LogP contribution in [0.4, 0.5) is 4.79 Å². The highest BCUT2D eigenvalue weighted by molar-refractivity contribution is 8.18. The number of amides is 2.